The fourth-order valence-corrected chi connectivity index (χ4v) is 5.91. The second kappa shape index (κ2) is 9.49. The van der Waals surface area contributed by atoms with Crippen molar-refractivity contribution in [1.82, 2.24) is 15.0 Å². The number of hydrogen-bond donors (Lipinski definition) is 1. The molecule has 9 nitrogen and oxygen atoms in total. The number of carboxylic acid groups (broad SMARTS) is 1. The monoisotopic (exact) mass is 541 g/mol. The summed E-state index contributed by atoms with van der Waals surface area (Å²) in [5.41, 5.74) is 4.89. The molecule has 1 atom stereocenters. The Balaban J connectivity index is 1.37. The van der Waals surface area contributed by atoms with Crippen molar-refractivity contribution in [2.75, 3.05) is 18.6 Å². The minimum Gasteiger partial charge on any atom is -0.485 e. The first-order valence-electron chi connectivity index (χ1n) is 12.0. The van der Waals surface area contributed by atoms with Crippen LogP contribution in [0.1, 0.15) is 16.7 Å². The number of thiazole rings is 1. The van der Waals surface area contributed by atoms with Crippen LogP contribution in [0.3, 0.4) is 0 Å². The summed E-state index contributed by atoms with van der Waals surface area (Å²) in [6.07, 6.45) is 0.0357. The summed E-state index contributed by atoms with van der Waals surface area (Å²) in [5, 5.41) is 19.7. The summed E-state index contributed by atoms with van der Waals surface area (Å²) < 4.78 is 27.1. The molecule has 0 fully saturated rings. The molecule has 0 aliphatic carbocycles. The van der Waals surface area contributed by atoms with Crippen LogP contribution in [-0.4, -0.2) is 45.9 Å². The summed E-state index contributed by atoms with van der Waals surface area (Å²) in [5.74, 6) is -0.0394. The molecule has 3 heterocycles. The third-order valence-corrected chi connectivity index (χ3v) is 7.67. The summed E-state index contributed by atoms with van der Waals surface area (Å²) in [6.45, 7) is 1.92. The number of anilines is 1. The highest BCUT2D eigenvalue weighted by Gasteiger charge is 2.33. The number of nitriles is 1. The molecule has 39 heavy (non-hydrogen) atoms. The van der Waals surface area contributed by atoms with Gasteiger partial charge in [0.25, 0.3) is 0 Å². The van der Waals surface area contributed by atoms with Gasteiger partial charge in [-0.1, -0.05) is 6.07 Å². The van der Waals surface area contributed by atoms with Crippen molar-refractivity contribution in [3.63, 3.8) is 0 Å². The van der Waals surface area contributed by atoms with Gasteiger partial charge in [0.15, 0.2) is 11.6 Å². The van der Waals surface area contributed by atoms with Crippen molar-refractivity contribution >= 4 is 44.4 Å². The van der Waals surface area contributed by atoms with Crippen molar-refractivity contribution in [1.29, 1.82) is 5.26 Å². The predicted octanol–water partition coefficient (Wildman–Crippen LogP) is 5.72. The lowest BCUT2D eigenvalue weighted by molar-refractivity contribution is 0.190. The molecule has 0 saturated heterocycles. The minimum atomic E-state index is -1.19. The highest BCUT2D eigenvalue weighted by Crippen LogP contribution is 2.43. The molecule has 0 spiro atoms. The topological polar surface area (TPSA) is 121 Å². The lowest BCUT2D eigenvalue weighted by Crippen LogP contribution is -2.38. The largest absolute Gasteiger partial charge is 0.485 e. The maximum Gasteiger partial charge on any atom is 0.411 e. The van der Waals surface area contributed by atoms with Crippen LogP contribution in [0.25, 0.3) is 31.8 Å². The number of aromatic nitrogens is 3. The zero-order chi connectivity index (χ0) is 27.3. The van der Waals surface area contributed by atoms with Crippen LogP contribution in [0.5, 0.6) is 11.6 Å². The van der Waals surface area contributed by atoms with Crippen molar-refractivity contribution < 1.29 is 23.8 Å². The molecule has 3 aromatic carbocycles. The SMILES string of the molecule is COc1cnc2c(-c3nc4cc(F)c5c(c4s3)C[C@H](CN(C(=O)O)c3cccc(C#N)c3)O5)cc(C)cc2n1. The van der Waals surface area contributed by atoms with Gasteiger partial charge in [-0.25, -0.2) is 24.1 Å². The Kier molecular flexibility index (Phi) is 5.96. The highest BCUT2D eigenvalue weighted by molar-refractivity contribution is 7.22. The fraction of sp³-hybridized carbons (Fsp3) is 0.179. The Morgan fingerprint density at radius 2 is 2.13 bits per heavy atom. The van der Waals surface area contributed by atoms with Crippen LogP contribution < -0.4 is 14.4 Å². The first kappa shape index (κ1) is 24.5. The summed E-state index contributed by atoms with van der Waals surface area (Å²) >= 11 is 1.40. The van der Waals surface area contributed by atoms with Crippen molar-refractivity contribution in [2.45, 2.75) is 19.4 Å². The average Bonchev–Trinajstić information content (AvgIpc) is 3.55. The van der Waals surface area contributed by atoms with Gasteiger partial charge in [0.05, 0.1) is 52.7 Å². The number of methoxy groups -OCH3 is 1. The highest BCUT2D eigenvalue weighted by atomic mass is 32.1. The standard InChI is InChI=1S/C28H20FN5O4S/c1-14-6-18(24-21(7-14)32-23(37-2)12-31-24)27-33-22-10-20(29)25-19(26(22)39-27)9-17(38-25)13-34(28(35)36)16-5-3-4-15(8-16)11-30/h3-8,10,12,17H,9,13H2,1-2H3,(H,35,36)/t17-/m1/s1. The molecule has 0 radical (unpaired) electrons. The molecule has 0 bridgehead atoms. The summed E-state index contributed by atoms with van der Waals surface area (Å²) in [4.78, 5) is 26.9. The van der Waals surface area contributed by atoms with Crippen molar-refractivity contribution in [3.05, 3.63) is 71.2 Å². The van der Waals surface area contributed by atoms with Gasteiger partial charge in [0, 0.05) is 29.3 Å². The van der Waals surface area contributed by atoms with E-state index in [4.69, 9.17) is 14.5 Å². The lowest BCUT2D eigenvalue weighted by atomic mass is 10.1. The number of carbonyl (C=O) groups is 1. The van der Waals surface area contributed by atoms with E-state index in [1.807, 2.05) is 25.1 Å². The fourth-order valence-electron chi connectivity index (χ4n) is 4.79. The van der Waals surface area contributed by atoms with Gasteiger partial charge in [-0.3, -0.25) is 4.90 Å². The van der Waals surface area contributed by atoms with Gasteiger partial charge in [-0.2, -0.15) is 5.26 Å². The minimum absolute atomic E-state index is 0.0363. The molecule has 1 aliphatic heterocycles. The zero-order valence-electron chi connectivity index (χ0n) is 20.8. The van der Waals surface area contributed by atoms with Crippen LogP contribution in [0.2, 0.25) is 0 Å². The lowest BCUT2D eigenvalue weighted by Gasteiger charge is -2.22. The molecule has 0 unspecified atom stereocenters. The third-order valence-electron chi connectivity index (χ3n) is 6.51. The molecule has 1 N–H and O–H groups in total. The quantitative estimate of drug-likeness (QED) is 0.300. The van der Waals surface area contributed by atoms with E-state index in [0.29, 0.717) is 50.7 Å². The van der Waals surface area contributed by atoms with Crippen molar-refractivity contribution in [2.24, 2.45) is 0 Å². The number of nitrogens with zero attached hydrogens (tertiary/aromatic N) is 5. The average molecular weight is 542 g/mol. The van der Waals surface area contributed by atoms with Gasteiger partial charge in [-0.15, -0.1) is 11.3 Å². The molecule has 194 valence electrons. The second-order valence-corrected chi connectivity index (χ2v) is 10.1. The Labute approximate surface area is 225 Å². The van der Waals surface area contributed by atoms with E-state index < -0.39 is 18.0 Å². The number of benzene rings is 3. The van der Waals surface area contributed by atoms with E-state index in [1.165, 1.54) is 30.6 Å². The first-order chi connectivity index (χ1) is 18.8. The number of ether oxygens (including phenoxy) is 2. The molecular weight excluding hydrogens is 521 g/mol. The normalized spacial score (nSPS) is 14.2. The zero-order valence-corrected chi connectivity index (χ0v) is 21.6. The maximum atomic E-state index is 15.2. The van der Waals surface area contributed by atoms with Gasteiger partial charge >= 0.3 is 6.09 Å². The first-order valence-corrected chi connectivity index (χ1v) is 12.8. The maximum absolute atomic E-state index is 15.2. The van der Waals surface area contributed by atoms with Crippen LogP contribution >= 0.6 is 11.3 Å². The van der Waals surface area contributed by atoms with Crippen molar-refractivity contribution in [3.8, 4) is 28.3 Å². The van der Waals surface area contributed by atoms with E-state index in [1.54, 1.807) is 24.4 Å². The Hall–Kier alpha value is -4.82. The molecule has 11 heteroatoms. The van der Waals surface area contributed by atoms with Crippen LogP contribution in [-0.2, 0) is 6.42 Å². The van der Waals surface area contributed by atoms with Gasteiger partial charge < -0.3 is 14.6 Å². The van der Waals surface area contributed by atoms with Gasteiger partial charge in [0.1, 0.15) is 11.1 Å². The van der Waals surface area contributed by atoms with E-state index in [9.17, 15) is 15.2 Å². The predicted molar refractivity (Wildman–Crippen MR) is 144 cm³/mol. The van der Waals surface area contributed by atoms with E-state index >= 15 is 4.39 Å². The molecule has 0 saturated carbocycles. The third kappa shape index (κ3) is 4.34. The Morgan fingerprint density at radius 3 is 2.90 bits per heavy atom. The smallest absolute Gasteiger partial charge is 0.411 e. The van der Waals surface area contributed by atoms with Gasteiger partial charge in [-0.05, 0) is 42.8 Å². The van der Waals surface area contributed by atoms with Crippen LogP contribution in [0.15, 0.2) is 48.7 Å². The molecular formula is C28H20FN5O4S. The molecule has 2 aromatic heterocycles. The summed E-state index contributed by atoms with van der Waals surface area (Å²) in [7, 11) is 1.53. The second-order valence-electron chi connectivity index (χ2n) is 9.13. The number of hydrogen-bond acceptors (Lipinski definition) is 8. The van der Waals surface area contributed by atoms with E-state index in [-0.39, 0.29) is 12.3 Å². The number of halogens is 1. The molecule has 6 rings (SSSR count). The molecule has 1 aliphatic rings. The number of aryl methyl sites for hydroxylation is 1. The van der Waals surface area contributed by atoms with Crippen LogP contribution in [0, 0.1) is 24.1 Å². The van der Waals surface area contributed by atoms with E-state index in [0.717, 1.165) is 20.7 Å². The van der Waals surface area contributed by atoms with Gasteiger partial charge in [0.2, 0.25) is 5.88 Å². The Morgan fingerprint density at radius 1 is 1.28 bits per heavy atom. The summed E-state index contributed by atoms with van der Waals surface area (Å²) in [6, 6.07) is 13.6. The van der Waals surface area contributed by atoms with Crippen LogP contribution in [0.4, 0.5) is 14.9 Å². The Bertz CT molecular complexity index is 1830. The number of amides is 1. The molecule has 5 aromatic rings. The molecule has 1 amide bonds. The number of rotatable bonds is 5. The number of fused-ring (bicyclic) bond motifs is 4. The van der Waals surface area contributed by atoms with E-state index in [2.05, 4.69) is 9.97 Å².